The van der Waals surface area contributed by atoms with Crippen LogP contribution in [0, 0.1) is 13.8 Å². The third-order valence-electron chi connectivity index (χ3n) is 2.39. The summed E-state index contributed by atoms with van der Waals surface area (Å²) in [4.78, 5) is 22.2. The zero-order chi connectivity index (χ0) is 12.8. The number of rotatable bonds is 4. The molecular weight excluding hydrogens is 216 g/mol. The van der Waals surface area contributed by atoms with Gasteiger partial charge >= 0.3 is 6.03 Å². The van der Waals surface area contributed by atoms with Crippen LogP contribution in [0.1, 0.15) is 24.5 Å². The molecule has 1 rings (SSSR count). The van der Waals surface area contributed by atoms with Crippen LogP contribution in [-0.4, -0.2) is 18.4 Å². The summed E-state index contributed by atoms with van der Waals surface area (Å²) in [6.07, 6.45) is 0.361. The largest absolute Gasteiger partial charge is 0.337 e. The SMILES string of the molecule is CC(=O)CCNC(=O)Nc1ccc(C)cc1C. The molecule has 0 aliphatic carbocycles. The van der Waals surface area contributed by atoms with Gasteiger partial charge in [0.25, 0.3) is 0 Å². The second-order valence-electron chi connectivity index (χ2n) is 4.15. The molecule has 4 heteroatoms. The van der Waals surface area contributed by atoms with Crippen LogP contribution in [0.25, 0.3) is 0 Å². The van der Waals surface area contributed by atoms with E-state index in [1.807, 2.05) is 32.0 Å². The summed E-state index contributed by atoms with van der Waals surface area (Å²) in [6.45, 7) is 5.82. The molecule has 0 atom stereocenters. The maximum Gasteiger partial charge on any atom is 0.319 e. The summed E-state index contributed by atoms with van der Waals surface area (Å²) < 4.78 is 0. The highest BCUT2D eigenvalue weighted by Crippen LogP contribution is 2.15. The van der Waals surface area contributed by atoms with E-state index in [4.69, 9.17) is 0 Å². The molecule has 4 nitrogen and oxygen atoms in total. The normalized spacial score (nSPS) is 9.82. The van der Waals surface area contributed by atoms with E-state index in [0.29, 0.717) is 13.0 Å². The fourth-order valence-electron chi connectivity index (χ4n) is 1.47. The Hall–Kier alpha value is -1.84. The number of carbonyl (C=O) groups is 2. The topological polar surface area (TPSA) is 58.2 Å². The van der Waals surface area contributed by atoms with Gasteiger partial charge in [-0.05, 0) is 32.4 Å². The van der Waals surface area contributed by atoms with Gasteiger partial charge in [0.2, 0.25) is 0 Å². The van der Waals surface area contributed by atoms with E-state index < -0.39 is 0 Å². The molecule has 92 valence electrons. The molecule has 0 aliphatic rings. The standard InChI is InChI=1S/C13H18N2O2/c1-9-4-5-12(10(2)8-9)15-13(17)14-7-6-11(3)16/h4-5,8H,6-7H2,1-3H3,(H2,14,15,17). The van der Waals surface area contributed by atoms with Gasteiger partial charge in [0.1, 0.15) is 5.78 Å². The van der Waals surface area contributed by atoms with Crippen molar-refractivity contribution >= 4 is 17.5 Å². The maximum atomic E-state index is 11.5. The van der Waals surface area contributed by atoms with Gasteiger partial charge in [-0.25, -0.2) is 4.79 Å². The molecule has 0 saturated carbocycles. The van der Waals surface area contributed by atoms with Gasteiger partial charge in [0, 0.05) is 18.7 Å². The molecule has 0 aromatic heterocycles. The number of ketones is 1. The molecule has 2 N–H and O–H groups in total. The molecule has 0 aliphatic heterocycles. The van der Waals surface area contributed by atoms with Gasteiger partial charge < -0.3 is 10.6 Å². The molecule has 0 radical (unpaired) electrons. The average molecular weight is 234 g/mol. The number of aryl methyl sites for hydroxylation is 2. The quantitative estimate of drug-likeness (QED) is 0.840. The number of hydrogen-bond acceptors (Lipinski definition) is 2. The molecule has 0 unspecified atom stereocenters. The highest BCUT2D eigenvalue weighted by molar-refractivity contribution is 5.90. The average Bonchev–Trinajstić information content (AvgIpc) is 2.21. The van der Waals surface area contributed by atoms with Crippen LogP contribution >= 0.6 is 0 Å². The van der Waals surface area contributed by atoms with Crippen molar-refractivity contribution < 1.29 is 9.59 Å². The van der Waals surface area contributed by atoms with Gasteiger partial charge in [-0.1, -0.05) is 17.7 Å². The molecule has 0 saturated heterocycles. The molecule has 1 aromatic rings. The van der Waals surface area contributed by atoms with Crippen molar-refractivity contribution in [3.8, 4) is 0 Å². The predicted octanol–water partition coefficient (Wildman–Crippen LogP) is 2.40. The van der Waals surface area contributed by atoms with Gasteiger partial charge in [0.15, 0.2) is 0 Å². The summed E-state index contributed by atoms with van der Waals surface area (Å²) in [7, 11) is 0. The number of benzene rings is 1. The number of nitrogens with one attached hydrogen (secondary N) is 2. The smallest absolute Gasteiger partial charge is 0.319 e. The van der Waals surface area contributed by atoms with E-state index >= 15 is 0 Å². The molecule has 0 heterocycles. The first kappa shape index (κ1) is 13.2. The lowest BCUT2D eigenvalue weighted by atomic mass is 10.1. The molecular formula is C13H18N2O2. The van der Waals surface area contributed by atoms with E-state index in [0.717, 1.165) is 16.8 Å². The molecule has 0 fully saturated rings. The number of carbonyl (C=O) groups excluding carboxylic acids is 2. The lowest BCUT2D eigenvalue weighted by Gasteiger charge is -2.09. The highest BCUT2D eigenvalue weighted by atomic mass is 16.2. The van der Waals surface area contributed by atoms with Crippen LogP contribution < -0.4 is 10.6 Å². The van der Waals surface area contributed by atoms with Crippen LogP contribution in [0.3, 0.4) is 0 Å². The lowest BCUT2D eigenvalue weighted by molar-refractivity contribution is -0.116. The number of urea groups is 1. The van der Waals surface area contributed by atoms with E-state index in [9.17, 15) is 9.59 Å². The number of Topliss-reactive ketones (excluding diaryl/α,β-unsaturated/α-hetero) is 1. The Balaban J connectivity index is 2.48. The summed E-state index contributed by atoms with van der Waals surface area (Å²) >= 11 is 0. The van der Waals surface area contributed by atoms with Crippen LogP contribution in [0.4, 0.5) is 10.5 Å². The number of hydrogen-bond donors (Lipinski definition) is 2. The first-order chi connectivity index (χ1) is 7.99. The van der Waals surface area contributed by atoms with Crippen LogP contribution in [0.15, 0.2) is 18.2 Å². The zero-order valence-electron chi connectivity index (χ0n) is 10.5. The fourth-order valence-corrected chi connectivity index (χ4v) is 1.47. The van der Waals surface area contributed by atoms with Gasteiger partial charge in [-0.15, -0.1) is 0 Å². The Bertz CT molecular complexity index is 427. The lowest BCUT2D eigenvalue weighted by Crippen LogP contribution is -2.30. The minimum absolute atomic E-state index is 0.0665. The van der Waals surface area contributed by atoms with Crippen molar-refractivity contribution in [2.24, 2.45) is 0 Å². The van der Waals surface area contributed by atoms with Gasteiger partial charge in [-0.3, -0.25) is 4.79 Å². The molecule has 17 heavy (non-hydrogen) atoms. The van der Waals surface area contributed by atoms with Crippen LogP contribution in [0.2, 0.25) is 0 Å². The van der Waals surface area contributed by atoms with E-state index in [-0.39, 0.29) is 11.8 Å². The van der Waals surface area contributed by atoms with E-state index in [2.05, 4.69) is 10.6 Å². The molecule has 0 spiro atoms. The number of amides is 2. The predicted molar refractivity (Wildman–Crippen MR) is 68.2 cm³/mol. The Labute approximate surface area is 101 Å². The van der Waals surface area contributed by atoms with Crippen molar-refractivity contribution in [3.63, 3.8) is 0 Å². The van der Waals surface area contributed by atoms with Crippen LogP contribution in [-0.2, 0) is 4.79 Å². The number of anilines is 1. The molecule has 2 amide bonds. The first-order valence-corrected chi connectivity index (χ1v) is 5.60. The summed E-state index contributed by atoms with van der Waals surface area (Å²) in [5, 5.41) is 5.38. The van der Waals surface area contributed by atoms with Crippen molar-refractivity contribution in [2.75, 3.05) is 11.9 Å². The van der Waals surface area contributed by atoms with Crippen molar-refractivity contribution in [3.05, 3.63) is 29.3 Å². The fraction of sp³-hybridized carbons (Fsp3) is 0.385. The minimum atomic E-state index is -0.279. The van der Waals surface area contributed by atoms with Crippen molar-refractivity contribution in [1.29, 1.82) is 0 Å². The van der Waals surface area contributed by atoms with Crippen LogP contribution in [0.5, 0.6) is 0 Å². The third-order valence-corrected chi connectivity index (χ3v) is 2.39. The summed E-state index contributed by atoms with van der Waals surface area (Å²) in [6, 6.07) is 5.54. The maximum absolute atomic E-state index is 11.5. The Kier molecular flexibility index (Phi) is 4.69. The second kappa shape index (κ2) is 6.03. The van der Waals surface area contributed by atoms with E-state index in [1.165, 1.54) is 6.92 Å². The highest BCUT2D eigenvalue weighted by Gasteiger charge is 2.04. The third kappa shape index (κ3) is 4.68. The van der Waals surface area contributed by atoms with E-state index in [1.54, 1.807) is 0 Å². The molecule has 1 aromatic carbocycles. The summed E-state index contributed by atoms with van der Waals surface area (Å²) in [5.41, 5.74) is 2.97. The monoisotopic (exact) mass is 234 g/mol. The Morgan fingerprint density at radius 1 is 1.24 bits per heavy atom. The Morgan fingerprint density at radius 3 is 2.53 bits per heavy atom. The van der Waals surface area contributed by atoms with Crippen molar-refractivity contribution in [1.82, 2.24) is 5.32 Å². The second-order valence-corrected chi connectivity index (χ2v) is 4.15. The minimum Gasteiger partial charge on any atom is -0.337 e. The van der Waals surface area contributed by atoms with Crippen molar-refractivity contribution in [2.45, 2.75) is 27.2 Å². The Morgan fingerprint density at radius 2 is 1.94 bits per heavy atom. The first-order valence-electron chi connectivity index (χ1n) is 5.60. The molecule has 0 bridgehead atoms. The zero-order valence-corrected chi connectivity index (χ0v) is 10.5. The van der Waals surface area contributed by atoms with Gasteiger partial charge in [-0.2, -0.15) is 0 Å². The summed E-state index contributed by atoms with van der Waals surface area (Å²) in [5.74, 6) is 0.0665. The van der Waals surface area contributed by atoms with Gasteiger partial charge in [0.05, 0.1) is 0 Å².